The minimum atomic E-state index is -0.192. The third-order valence-corrected chi connectivity index (χ3v) is 6.73. The fourth-order valence-electron chi connectivity index (χ4n) is 2.13. The molecule has 1 heterocycles. The van der Waals surface area contributed by atoms with E-state index in [2.05, 4.69) is 26.1 Å². The molecule has 1 aromatic heterocycles. The Morgan fingerprint density at radius 2 is 1.62 bits per heavy atom. The van der Waals surface area contributed by atoms with E-state index in [0.29, 0.717) is 14.5 Å². The summed E-state index contributed by atoms with van der Waals surface area (Å²) in [5.41, 5.74) is 0. The minimum absolute atomic E-state index is 0.0132. The van der Waals surface area contributed by atoms with Crippen LogP contribution in [0.1, 0.15) is 65.1 Å². The lowest BCUT2D eigenvalue weighted by Gasteiger charge is -2.16. The zero-order valence-electron chi connectivity index (χ0n) is 15.7. The zero-order chi connectivity index (χ0) is 18.0. The molecule has 0 fully saturated rings. The molecule has 0 unspecified atom stereocenters. The maximum absolute atomic E-state index is 10.6. The van der Waals surface area contributed by atoms with Crippen LogP contribution in [-0.4, -0.2) is 30.3 Å². The van der Waals surface area contributed by atoms with Gasteiger partial charge in [-0.15, -0.1) is 19.5 Å². The van der Waals surface area contributed by atoms with Gasteiger partial charge in [-0.2, -0.15) is 0 Å². The highest BCUT2D eigenvalue weighted by molar-refractivity contribution is 7.57. The maximum Gasteiger partial charge on any atom is 0.235 e. The van der Waals surface area contributed by atoms with Crippen molar-refractivity contribution in [1.82, 2.24) is 5.32 Å². The van der Waals surface area contributed by atoms with Gasteiger partial charge >= 0.3 is 0 Å². The Bertz CT molecular complexity index is 366. The normalized spacial score (nSPS) is 10.4. The Morgan fingerprint density at radius 1 is 1.08 bits per heavy atom. The first kappa shape index (κ1) is 23.5. The molecule has 0 aliphatic rings. The van der Waals surface area contributed by atoms with Crippen LogP contribution in [0.3, 0.4) is 0 Å². The summed E-state index contributed by atoms with van der Waals surface area (Å²) in [5, 5.41) is 2.57. The molecule has 0 aromatic carbocycles. The number of hydrogen-bond donors (Lipinski definition) is 1. The summed E-state index contributed by atoms with van der Waals surface area (Å²) < 4.78 is 4.97. The molecule has 24 heavy (non-hydrogen) atoms. The molecule has 0 aliphatic carbocycles. The summed E-state index contributed by atoms with van der Waals surface area (Å²) in [6.07, 6.45) is 14.8. The highest BCUT2D eigenvalue weighted by Gasteiger charge is 2.05. The number of furan rings is 1. The zero-order valence-corrected chi connectivity index (χ0v) is 17.3. The van der Waals surface area contributed by atoms with Crippen molar-refractivity contribution in [3.05, 3.63) is 24.2 Å². The molecule has 0 saturated carbocycles. The number of hydrogen-bond acceptors (Lipinski definition) is 2. The van der Waals surface area contributed by atoms with Crippen LogP contribution in [0.5, 0.6) is 0 Å². The third-order valence-electron chi connectivity index (χ3n) is 3.64. The van der Waals surface area contributed by atoms with Gasteiger partial charge in [-0.1, -0.05) is 40.0 Å². The Morgan fingerprint density at radius 3 is 2.00 bits per heavy atom. The molecule has 0 aliphatic heterocycles. The predicted octanol–water partition coefficient (Wildman–Crippen LogP) is 6.00. The van der Waals surface area contributed by atoms with Gasteiger partial charge in [0.1, 0.15) is 11.6 Å². The highest BCUT2D eigenvalue weighted by Crippen LogP contribution is 2.38. The summed E-state index contributed by atoms with van der Waals surface area (Å²) in [6, 6.07) is 3.55. The Hall–Kier alpha value is -0.530. The molecule has 1 N–H and O–H groups in total. The van der Waals surface area contributed by atoms with Crippen molar-refractivity contribution in [1.29, 1.82) is 0 Å². The lowest BCUT2D eigenvalue weighted by atomic mass is 10.4. The fourth-order valence-corrected chi connectivity index (χ4v) is 5.18. The van der Waals surface area contributed by atoms with E-state index in [4.69, 9.17) is 16.0 Å². The first-order chi connectivity index (χ1) is 11.7. The number of halogens is 1. The number of carbonyl (C=O) groups is 1. The van der Waals surface area contributed by atoms with Crippen LogP contribution >= 0.6 is 19.5 Å². The molecule has 1 amide bonds. The fraction of sp³-hybridized carbons (Fsp3) is 0.737. The molecule has 0 spiro atoms. The summed E-state index contributed by atoms with van der Waals surface area (Å²) in [4.78, 5) is 10.6. The molecule has 0 radical (unpaired) electrons. The van der Waals surface area contributed by atoms with E-state index in [1.807, 2.05) is 0 Å². The maximum atomic E-state index is 10.6. The summed E-state index contributed by atoms with van der Waals surface area (Å²) in [6.45, 7) is 7.34. The van der Waals surface area contributed by atoms with Gasteiger partial charge in [0, 0.05) is 0 Å². The largest absolute Gasteiger partial charge is 0.467 e. The van der Waals surface area contributed by atoms with Gasteiger partial charge in [0.05, 0.1) is 12.8 Å². The van der Waals surface area contributed by atoms with Gasteiger partial charge < -0.3 is 9.73 Å². The number of unbranched alkanes of at least 4 members (excludes halogenated alkanes) is 3. The second-order valence-corrected chi connectivity index (χ2v) is 8.84. The van der Waals surface area contributed by atoms with E-state index in [1.165, 1.54) is 38.5 Å². The number of nitrogens with one attached hydrogen (secondary N) is 1. The minimum Gasteiger partial charge on any atom is -0.467 e. The standard InChI is InChI=1S/C12H27P.C7H8ClNO2/c1-4-7-10-13(11-8-5-2)12-9-6-3;8-4-7(10)9-5-6-2-1-3-11-6/h4-12H2,1-3H3;1-3H,4-5H2,(H,9,10). The van der Waals surface area contributed by atoms with Crippen molar-refractivity contribution in [3.8, 4) is 0 Å². The quantitative estimate of drug-likeness (QED) is 0.359. The monoisotopic (exact) mass is 375 g/mol. The number of rotatable bonds is 12. The first-order valence-electron chi connectivity index (χ1n) is 9.25. The molecular weight excluding hydrogens is 341 g/mol. The van der Waals surface area contributed by atoms with Crippen molar-refractivity contribution >= 4 is 25.4 Å². The average molecular weight is 376 g/mol. The van der Waals surface area contributed by atoms with Gasteiger partial charge in [-0.05, 0) is 49.9 Å². The molecule has 3 nitrogen and oxygen atoms in total. The van der Waals surface area contributed by atoms with Crippen molar-refractivity contribution in [3.63, 3.8) is 0 Å². The first-order valence-corrected chi connectivity index (χ1v) is 11.7. The summed E-state index contributed by atoms with van der Waals surface area (Å²) in [7, 11) is 0.422. The van der Waals surface area contributed by atoms with Gasteiger partial charge in [-0.25, -0.2) is 0 Å². The van der Waals surface area contributed by atoms with Gasteiger partial charge in [0.2, 0.25) is 5.91 Å². The van der Waals surface area contributed by atoms with Crippen LogP contribution in [-0.2, 0) is 11.3 Å². The molecule has 140 valence electrons. The number of amides is 1. The lowest BCUT2D eigenvalue weighted by molar-refractivity contribution is -0.118. The number of carbonyl (C=O) groups excluding carboxylic acids is 1. The summed E-state index contributed by atoms with van der Waals surface area (Å²) in [5.74, 6) is 0.521. The van der Waals surface area contributed by atoms with Crippen LogP contribution in [0, 0.1) is 0 Å². The highest BCUT2D eigenvalue weighted by atomic mass is 35.5. The van der Waals surface area contributed by atoms with E-state index in [1.54, 1.807) is 36.9 Å². The number of alkyl halides is 1. The second-order valence-electron chi connectivity index (χ2n) is 5.89. The molecule has 0 atom stereocenters. The van der Waals surface area contributed by atoms with Gasteiger partial charge in [-0.3, -0.25) is 4.79 Å². The SMILES string of the molecule is CCCCP(CCCC)CCCC.O=C(CCl)NCc1ccco1. The molecule has 0 saturated heterocycles. The van der Waals surface area contributed by atoms with E-state index in [-0.39, 0.29) is 11.8 Å². The van der Waals surface area contributed by atoms with Crippen LogP contribution in [0.15, 0.2) is 22.8 Å². The summed E-state index contributed by atoms with van der Waals surface area (Å²) >= 11 is 5.25. The molecule has 0 bridgehead atoms. The van der Waals surface area contributed by atoms with Crippen molar-refractivity contribution in [2.24, 2.45) is 0 Å². The van der Waals surface area contributed by atoms with Crippen LogP contribution in [0.25, 0.3) is 0 Å². The van der Waals surface area contributed by atoms with E-state index in [9.17, 15) is 4.79 Å². The smallest absolute Gasteiger partial charge is 0.235 e. The Kier molecular flexibility index (Phi) is 16.9. The topological polar surface area (TPSA) is 42.2 Å². The molecule has 1 aromatic rings. The Labute approximate surface area is 154 Å². The van der Waals surface area contributed by atoms with E-state index >= 15 is 0 Å². The predicted molar refractivity (Wildman–Crippen MR) is 108 cm³/mol. The van der Waals surface area contributed by atoms with Crippen LogP contribution < -0.4 is 5.32 Å². The lowest BCUT2D eigenvalue weighted by Crippen LogP contribution is -2.23. The third kappa shape index (κ3) is 13.9. The van der Waals surface area contributed by atoms with E-state index in [0.717, 1.165) is 5.76 Å². The van der Waals surface area contributed by atoms with Crippen LogP contribution in [0.2, 0.25) is 0 Å². The van der Waals surface area contributed by atoms with Gasteiger partial charge in [0.25, 0.3) is 0 Å². The van der Waals surface area contributed by atoms with Crippen LogP contribution in [0.4, 0.5) is 0 Å². The molecule has 1 rings (SSSR count). The Balaban J connectivity index is 0.000000446. The van der Waals surface area contributed by atoms with E-state index < -0.39 is 0 Å². The molecular formula is C19H35ClNO2P. The van der Waals surface area contributed by atoms with Crippen molar-refractivity contribution in [2.75, 3.05) is 24.4 Å². The molecule has 5 heteroatoms. The van der Waals surface area contributed by atoms with Gasteiger partial charge in [0.15, 0.2) is 0 Å². The van der Waals surface area contributed by atoms with Crippen molar-refractivity contribution < 1.29 is 9.21 Å². The average Bonchev–Trinajstić information content (AvgIpc) is 3.13. The van der Waals surface area contributed by atoms with Crippen molar-refractivity contribution in [2.45, 2.75) is 65.8 Å². The second kappa shape index (κ2) is 17.3.